The second-order valence-electron chi connectivity index (χ2n) is 6.09. The molecule has 0 radical (unpaired) electrons. The highest BCUT2D eigenvalue weighted by Gasteiger charge is 2.24. The van der Waals surface area contributed by atoms with Gasteiger partial charge in [0.05, 0.1) is 0 Å². The van der Waals surface area contributed by atoms with Crippen molar-refractivity contribution in [2.45, 2.75) is 45.1 Å². The summed E-state index contributed by atoms with van der Waals surface area (Å²) in [7, 11) is 0. The van der Waals surface area contributed by atoms with Gasteiger partial charge >= 0.3 is 0 Å². The van der Waals surface area contributed by atoms with E-state index in [0.717, 1.165) is 18.5 Å². The van der Waals surface area contributed by atoms with E-state index in [9.17, 15) is 9.50 Å². The van der Waals surface area contributed by atoms with Gasteiger partial charge < -0.3 is 10.4 Å². The molecule has 1 fully saturated rings. The summed E-state index contributed by atoms with van der Waals surface area (Å²) in [6.07, 6.45) is 5.56. The number of benzene rings is 1. The van der Waals surface area contributed by atoms with Crippen LogP contribution in [-0.4, -0.2) is 24.3 Å². The van der Waals surface area contributed by atoms with Crippen molar-refractivity contribution in [2.24, 2.45) is 11.8 Å². The first-order valence-electron chi connectivity index (χ1n) is 7.78. The molecule has 0 saturated heterocycles. The first-order chi connectivity index (χ1) is 9.70. The molecule has 1 aliphatic carbocycles. The molecule has 2 N–H and O–H groups in total. The quantitative estimate of drug-likeness (QED) is 0.838. The minimum absolute atomic E-state index is 0.118. The third-order valence-corrected chi connectivity index (χ3v) is 4.51. The van der Waals surface area contributed by atoms with Crippen molar-refractivity contribution in [3.8, 4) is 0 Å². The highest BCUT2D eigenvalue weighted by molar-refractivity contribution is 5.18. The lowest BCUT2D eigenvalue weighted by molar-refractivity contribution is 0.131. The molecule has 0 amide bonds. The molecule has 1 aromatic rings. The van der Waals surface area contributed by atoms with Crippen LogP contribution >= 0.6 is 0 Å². The molecule has 2 nitrogen and oxygen atoms in total. The molecule has 0 bridgehead atoms. The van der Waals surface area contributed by atoms with E-state index >= 15 is 0 Å². The summed E-state index contributed by atoms with van der Waals surface area (Å²) in [5, 5.41) is 12.9. The Morgan fingerprint density at radius 3 is 2.65 bits per heavy atom. The molecule has 1 aliphatic rings. The van der Waals surface area contributed by atoms with Gasteiger partial charge in [-0.15, -0.1) is 0 Å². The van der Waals surface area contributed by atoms with E-state index in [4.69, 9.17) is 0 Å². The van der Waals surface area contributed by atoms with Crippen LogP contribution in [0, 0.1) is 17.7 Å². The van der Waals surface area contributed by atoms with E-state index in [2.05, 4.69) is 12.2 Å². The van der Waals surface area contributed by atoms with E-state index < -0.39 is 0 Å². The maximum absolute atomic E-state index is 13.6. The molecule has 3 heteroatoms. The summed E-state index contributed by atoms with van der Waals surface area (Å²) < 4.78 is 13.6. The van der Waals surface area contributed by atoms with Crippen LogP contribution < -0.4 is 5.32 Å². The van der Waals surface area contributed by atoms with Crippen molar-refractivity contribution in [3.05, 3.63) is 35.6 Å². The molecule has 0 heterocycles. The molecule has 0 aromatic heterocycles. The van der Waals surface area contributed by atoms with Crippen LogP contribution in [0.15, 0.2) is 24.3 Å². The van der Waals surface area contributed by atoms with Gasteiger partial charge in [0.1, 0.15) is 5.82 Å². The lowest BCUT2D eigenvalue weighted by Crippen LogP contribution is -2.37. The van der Waals surface area contributed by atoms with Gasteiger partial charge in [-0.1, -0.05) is 31.0 Å². The van der Waals surface area contributed by atoms with Crippen molar-refractivity contribution in [2.75, 3.05) is 13.2 Å². The van der Waals surface area contributed by atoms with Gasteiger partial charge in [-0.3, -0.25) is 0 Å². The minimum Gasteiger partial charge on any atom is -0.396 e. The Morgan fingerprint density at radius 1 is 1.25 bits per heavy atom. The topological polar surface area (TPSA) is 32.3 Å². The van der Waals surface area contributed by atoms with Crippen molar-refractivity contribution in [1.82, 2.24) is 5.32 Å². The Balaban J connectivity index is 1.80. The summed E-state index contributed by atoms with van der Waals surface area (Å²) in [5.41, 5.74) is 0.773. The van der Waals surface area contributed by atoms with E-state index in [1.165, 1.54) is 25.3 Å². The van der Waals surface area contributed by atoms with Crippen LogP contribution in [0.1, 0.15) is 38.2 Å². The Hall–Kier alpha value is -0.930. The number of hydrogen-bond donors (Lipinski definition) is 2. The molecule has 3 unspecified atom stereocenters. The standard InChI is InChI=1S/C17H26FNO/c1-13(10-14-6-4-5-9-17(14)18)19-11-15-7-2-3-8-16(15)12-20/h4-6,9,13,15-16,19-20H,2-3,7-8,10-12H2,1H3. The molecule has 0 aliphatic heterocycles. The molecule has 112 valence electrons. The second-order valence-corrected chi connectivity index (χ2v) is 6.09. The monoisotopic (exact) mass is 279 g/mol. The largest absolute Gasteiger partial charge is 0.396 e. The molecule has 1 aromatic carbocycles. The SMILES string of the molecule is CC(Cc1ccccc1F)NCC1CCCCC1CO. The van der Waals surface area contributed by atoms with Crippen LogP contribution in [0.4, 0.5) is 4.39 Å². The van der Waals surface area contributed by atoms with Gasteiger partial charge in [0.2, 0.25) is 0 Å². The number of aliphatic hydroxyl groups is 1. The second kappa shape index (κ2) is 7.75. The Kier molecular flexibility index (Phi) is 5.99. The third kappa shape index (κ3) is 4.29. The van der Waals surface area contributed by atoms with Gasteiger partial charge in [0.15, 0.2) is 0 Å². The van der Waals surface area contributed by atoms with Gasteiger partial charge in [-0.25, -0.2) is 4.39 Å². The summed E-state index contributed by atoms with van der Waals surface area (Å²) in [4.78, 5) is 0. The van der Waals surface area contributed by atoms with Crippen molar-refractivity contribution in [3.63, 3.8) is 0 Å². The van der Waals surface area contributed by atoms with E-state index in [0.29, 0.717) is 24.9 Å². The Bertz CT molecular complexity index is 410. The maximum Gasteiger partial charge on any atom is 0.126 e. The predicted octanol–water partition coefficient (Wildman–Crippen LogP) is 3.15. The van der Waals surface area contributed by atoms with Crippen molar-refractivity contribution in [1.29, 1.82) is 0 Å². The number of hydrogen-bond acceptors (Lipinski definition) is 2. The molecule has 0 spiro atoms. The highest BCUT2D eigenvalue weighted by Crippen LogP contribution is 2.29. The summed E-state index contributed by atoms with van der Waals surface area (Å²) in [6.45, 7) is 3.33. The molecule has 20 heavy (non-hydrogen) atoms. The zero-order chi connectivity index (χ0) is 14.4. The maximum atomic E-state index is 13.6. The first kappa shape index (κ1) is 15.5. The summed E-state index contributed by atoms with van der Waals surface area (Å²) in [6, 6.07) is 7.24. The lowest BCUT2D eigenvalue weighted by atomic mass is 9.79. The van der Waals surface area contributed by atoms with E-state index in [1.54, 1.807) is 6.07 Å². The minimum atomic E-state index is -0.118. The average Bonchev–Trinajstić information content (AvgIpc) is 2.48. The Labute approximate surface area is 121 Å². The Morgan fingerprint density at radius 2 is 1.95 bits per heavy atom. The van der Waals surface area contributed by atoms with Gasteiger partial charge in [0.25, 0.3) is 0 Å². The van der Waals surface area contributed by atoms with Crippen molar-refractivity contribution < 1.29 is 9.50 Å². The fourth-order valence-electron chi connectivity index (χ4n) is 3.21. The molecule has 1 saturated carbocycles. The van der Waals surface area contributed by atoms with E-state index in [1.807, 2.05) is 12.1 Å². The number of aliphatic hydroxyl groups excluding tert-OH is 1. The lowest BCUT2D eigenvalue weighted by Gasteiger charge is -2.31. The molecular weight excluding hydrogens is 253 g/mol. The van der Waals surface area contributed by atoms with Crippen LogP contribution in [0.5, 0.6) is 0 Å². The van der Waals surface area contributed by atoms with Gasteiger partial charge in [-0.05, 0) is 56.2 Å². The molecule has 3 atom stereocenters. The zero-order valence-corrected chi connectivity index (χ0v) is 12.3. The first-order valence-corrected chi connectivity index (χ1v) is 7.78. The molecular formula is C17H26FNO. The third-order valence-electron chi connectivity index (χ3n) is 4.51. The smallest absolute Gasteiger partial charge is 0.126 e. The van der Waals surface area contributed by atoms with Crippen LogP contribution in [0.3, 0.4) is 0 Å². The van der Waals surface area contributed by atoms with Crippen LogP contribution in [-0.2, 0) is 6.42 Å². The van der Waals surface area contributed by atoms with Crippen LogP contribution in [0.2, 0.25) is 0 Å². The predicted molar refractivity (Wildman–Crippen MR) is 80.1 cm³/mol. The van der Waals surface area contributed by atoms with Gasteiger partial charge in [-0.2, -0.15) is 0 Å². The zero-order valence-electron chi connectivity index (χ0n) is 12.3. The van der Waals surface area contributed by atoms with Crippen LogP contribution in [0.25, 0.3) is 0 Å². The molecule has 2 rings (SSSR count). The number of halogens is 1. The average molecular weight is 279 g/mol. The van der Waals surface area contributed by atoms with Gasteiger partial charge in [0, 0.05) is 12.6 Å². The fourth-order valence-corrected chi connectivity index (χ4v) is 3.21. The summed E-state index contributed by atoms with van der Waals surface area (Å²) >= 11 is 0. The highest BCUT2D eigenvalue weighted by atomic mass is 19.1. The normalized spacial score (nSPS) is 24.6. The van der Waals surface area contributed by atoms with E-state index in [-0.39, 0.29) is 11.9 Å². The summed E-state index contributed by atoms with van der Waals surface area (Å²) in [5.74, 6) is 0.890. The number of nitrogens with one attached hydrogen (secondary N) is 1. The van der Waals surface area contributed by atoms with Crippen molar-refractivity contribution >= 4 is 0 Å². The number of rotatable bonds is 6. The fraction of sp³-hybridized carbons (Fsp3) is 0.647.